The lowest BCUT2D eigenvalue weighted by Gasteiger charge is -2.28. The Morgan fingerprint density at radius 3 is 2.54 bits per heavy atom. The van der Waals surface area contributed by atoms with E-state index in [0.717, 1.165) is 11.1 Å². The average molecular weight is 357 g/mol. The molecule has 5 heteroatoms. The summed E-state index contributed by atoms with van der Waals surface area (Å²) in [5, 5.41) is 10.8. The van der Waals surface area contributed by atoms with Crippen molar-refractivity contribution in [3.05, 3.63) is 34.9 Å². The number of Topliss-reactive ketones (excluding diaryl/α,β-unsaturated/α-hetero) is 2. The van der Waals surface area contributed by atoms with Crippen LogP contribution in [0.5, 0.6) is 0 Å². The summed E-state index contributed by atoms with van der Waals surface area (Å²) in [5.41, 5.74) is 1.38. The zero-order chi connectivity index (χ0) is 18.9. The lowest BCUT2D eigenvalue weighted by molar-refractivity contribution is -0.126. The Morgan fingerprint density at radius 2 is 1.85 bits per heavy atom. The van der Waals surface area contributed by atoms with Crippen LogP contribution in [0.15, 0.2) is 18.2 Å². The fourth-order valence-electron chi connectivity index (χ4n) is 4.08. The summed E-state index contributed by atoms with van der Waals surface area (Å²) in [6.07, 6.45) is 3.36. The van der Waals surface area contributed by atoms with Crippen LogP contribution in [-0.4, -0.2) is 33.5 Å². The van der Waals surface area contributed by atoms with Crippen LogP contribution in [0.2, 0.25) is 0 Å². The van der Waals surface area contributed by atoms with Gasteiger partial charge in [-0.05, 0) is 42.9 Å². The molecule has 140 valence electrons. The van der Waals surface area contributed by atoms with Gasteiger partial charge >= 0.3 is 0 Å². The number of hydrogen-bond acceptors (Lipinski definition) is 4. The zero-order valence-electron chi connectivity index (χ0n) is 15.6. The van der Waals surface area contributed by atoms with Gasteiger partial charge in [-0.3, -0.25) is 14.4 Å². The second-order valence-corrected chi connectivity index (χ2v) is 7.46. The first-order valence-corrected chi connectivity index (χ1v) is 9.60. The second kappa shape index (κ2) is 7.31. The zero-order valence-corrected chi connectivity index (χ0v) is 15.6. The molecule has 1 fully saturated rings. The highest BCUT2D eigenvalue weighted by atomic mass is 16.3. The van der Waals surface area contributed by atoms with E-state index in [1.165, 1.54) is 0 Å². The van der Waals surface area contributed by atoms with E-state index >= 15 is 0 Å². The van der Waals surface area contributed by atoms with Crippen molar-refractivity contribution in [1.29, 1.82) is 0 Å². The third-order valence-electron chi connectivity index (χ3n) is 5.97. The van der Waals surface area contributed by atoms with Crippen LogP contribution >= 0.6 is 0 Å². The van der Waals surface area contributed by atoms with Crippen molar-refractivity contribution in [2.75, 3.05) is 0 Å². The number of carbonyl (C=O) groups is 3. The van der Waals surface area contributed by atoms with Gasteiger partial charge in [0.25, 0.3) is 5.91 Å². The molecule has 1 unspecified atom stereocenters. The molecule has 0 spiro atoms. The van der Waals surface area contributed by atoms with Crippen LogP contribution in [-0.2, 0) is 21.7 Å². The highest BCUT2D eigenvalue weighted by Crippen LogP contribution is 2.34. The molecule has 1 heterocycles. The highest BCUT2D eigenvalue weighted by molar-refractivity contribution is 6.01. The predicted octanol–water partition coefficient (Wildman–Crippen LogP) is 3.12. The van der Waals surface area contributed by atoms with Crippen molar-refractivity contribution < 1.29 is 19.5 Å². The monoisotopic (exact) mass is 357 g/mol. The Balaban J connectivity index is 1.87. The lowest BCUT2D eigenvalue weighted by Crippen LogP contribution is -2.42. The van der Waals surface area contributed by atoms with Gasteiger partial charge in [-0.2, -0.15) is 0 Å². The minimum Gasteiger partial charge on any atom is -0.385 e. The molecule has 26 heavy (non-hydrogen) atoms. The third kappa shape index (κ3) is 3.32. The van der Waals surface area contributed by atoms with E-state index in [2.05, 4.69) is 0 Å². The first-order chi connectivity index (χ1) is 12.4. The first kappa shape index (κ1) is 18.8. The van der Waals surface area contributed by atoms with E-state index in [1.807, 2.05) is 26.0 Å². The molecule has 1 aliphatic carbocycles. The molecule has 1 aromatic carbocycles. The molecule has 1 atom stereocenters. The van der Waals surface area contributed by atoms with Crippen LogP contribution < -0.4 is 0 Å². The van der Waals surface area contributed by atoms with Gasteiger partial charge in [0, 0.05) is 31.4 Å². The molecule has 0 bridgehead atoms. The fraction of sp³-hybridized carbons (Fsp3) is 0.571. The SMILES string of the molecule is CCC(O)(CC)c1ccc2c(c1)CN(C1CCC(=O)CCCC1=O)C2=O. The van der Waals surface area contributed by atoms with Gasteiger partial charge in [-0.25, -0.2) is 0 Å². The van der Waals surface area contributed by atoms with E-state index in [0.29, 0.717) is 57.1 Å². The number of benzene rings is 1. The van der Waals surface area contributed by atoms with Crippen LogP contribution in [0.25, 0.3) is 0 Å². The molecule has 0 saturated heterocycles. The Kier molecular flexibility index (Phi) is 5.28. The molecule has 1 aliphatic heterocycles. The third-order valence-corrected chi connectivity index (χ3v) is 5.97. The lowest BCUT2D eigenvalue weighted by atomic mass is 9.87. The van der Waals surface area contributed by atoms with Gasteiger partial charge < -0.3 is 10.0 Å². The highest BCUT2D eigenvalue weighted by Gasteiger charge is 2.37. The normalized spacial score (nSPS) is 21.6. The van der Waals surface area contributed by atoms with Gasteiger partial charge in [-0.15, -0.1) is 0 Å². The quantitative estimate of drug-likeness (QED) is 0.898. The largest absolute Gasteiger partial charge is 0.385 e. The number of carbonyl (C=O) groups excluding carboxylic acids is 3. The minimum absolute atomic E-state index is 0.0532. The van der Waals surface area contributed by atoms with Gasteiger partial charge in [-0.1, -0.05) is 26.0 Å². The molecule has 1 N–H and O–H groups in total. The Bertz CT molecular complexity index is 736. The van der Waals surface area contributed by atoms with Crippen molar-refractivity contribution in [3.63, 3.8) is 0 Å². The number of aliphatic hydroxyl groups is 1. The standard InChI is InChI=1S/C21H27NO4/c1-3-21(26,4-2)15-8-10-17-14(12-15)13-22(20(17)25)18-11-9-16(23)6-5-7-19(18)24/h8,10,12,18,26H,3-7,9,11,13H2,1-2H3. The summed E-state index contributed by atoms with van der Waals surface area (Å²) in [4.78, 5) is 38.8. The van der Waals surface area contributed by atoms with Crippen molar-refractivity contribution in [2.24, 2.45) is 0 Å². The maximum absolute atomic E-state index is 12.8. The predicted molar refractivity (Wildman–Crippen MR) is 97.7 cm³/mol. The molecule has 1 saturated carbocycles. The average Bonchev–Trinajstić information content (AvgIpc) is 2.96. The van der Waals surface area contributed by atoms with E-state index in [4.69, 9.17) is 0 Å². The number of amides is 1. The van der Waals surface area contributed by atoms with Crippen molar-refractivity contribution in [3.8, 4) is 0 Å². The Hall–Kier alpha value is -2.01. The number of ketones is 2. The number of nitrogens with zero attached hydrogens (tertiary/aromatic N) is 1. The van der Waals surface area contributed by atoms with E-state index in [1.54, 1.807) is 11.0 Å². The van der Waals surface area contributed by atoms with Crippen molar-refractivity contribution in [1.82, 2.24) is 4.90 Å². The summed E-state index contributed by atoms with van der Waals surface area (Å²) in [5.74, 6) is 0.0804. The van der Waals surface area contributed by atoms with E-state index in [-0.39, 0.29) is 17.5 Å². The number of fused-ring (bicyclic) bond motifs is 1. The van der Waals surface area contributed by atoms with Crippen molar-refractivity contribution >= 4 is 17.5 Å². The van der Waals surface area contributed by atoms with E-state index in [9.17, 15) is 19.5 Å². The topological polar surface area (TPSA) is 74.7 Å². The van der Waals surface area contributed by atoms with E-state index < -0.39 is 11.6 Å². The number of rotatable bonds is 4. The van der Waals surface area contributed by atoms with Gasteiger partial charge in [0.1, 0.15) is 5.78 Å². The van der Waals surface area contributed by atoms with Crippen LogP contribution in [0.1, 0.15) is 80.3 Å². The first-order valence-electron chi connectivity index (χ1n) is 9.60. The van der Waals surface area contributed by atoms with Gasteiger partial charge in [0.15, 0.2) is 5.78 Å². The Labute approximate surface area is 154 Å². The second-order valence-electron chi connectivity index (χ2n) is 7.46. The summed E-state index contributed by atoms with van der Waals surface area (Å²) >= 11 is 0. The summed E-state index contributed by atoms with van der Waals surface area (Å²) in [6.45, 7) is 4.26. The molecule has 5 nitrogen and oxygen atoms in total. The minimum atomic E-state index is -0.895. The fourth-order valence-corrected chi connectivity index (χ4v) is 4.08. The maximum Gasteiger partial charge on any atom is 0.255 e. The molecular formula is C21H27NO4. The summed E-state index contributed by atoms with van der Waals surface area (Å²) in [6, 6.07) is 4.97. The van der Waals surface area contributed by atoms with Crippen LogP contribution in [0.3, 0.4) is 0 Å². The molecule has 1 amide bonds. The van der Waals surface area contributed by atoms with Crippen LogP contribution in [0, 0.1) is 0 Å². The van der Waals surface area contributed by atoms with Gasteiger partial charge in [0.2, 0.25) is 0 Å². The maximum atomic E-state index is 12.8. The number of hydrogen-bond donors (Lipinski definition) is 1. The van der Waals surface area contributed by atoms with Gasteiger partial charge in [0.05, 0.1) is 11.6 Å². The summed E-state index contributed by atoms with van der Waals surface area (Å²) < 4.78 is 0. The molecule has 1 aromatic rings. The molecule has 0 aromatic heterocycles. The molecule has 0 radical (unpaired) electrons. The summed E-state index contributed by atoms with van der Waals surface area (Å²) in [7, 11) is 0. The smallest absolute Gasteiger partial charge is 0.255 e. The molecular weight excluding hydrogens is 330 g/mol. The van der Waals surface area contributed by atoms with Crippen molar-refractivity contribution in [2.45, 2.75) is 77.0 Å². The van der Waals surface area contributed by atoms with Crippen LogP contribution in [0.4, 0.5) is 0 Å². The molecule has 2 aliphatic rings. The Morgan fingerprint density at radius 1 is 1.12 bits per heavy atom. The molecule has 3 rings (SSSR count).